The van der Waals surface area contributed by atoms with E-state index in [1.165, 1.54) is 12.0 Å². The molecule has 2 heterocycles. The molecule has 6 heteroatoms. The van der Waals surface area contributed by atoms with Crippen LogP contribution < -0.4 is 5.32 Å². The topological polar surface area (TPSA) is 58.3 Å². The number of hydrogen-bond acceptors (Lipinski definition) is 3. The van der Waals surface area contributed by atoms with Crippen molar-refractivity contribution >= 4 is 5.96 Å². The fourth-order valence-corrected chi connectivity index (χ4v) is 3.82. The Kier molecular flexibility index (Phi) is 6.63. The van der Waals surface area contributed by atoms with E-state index < -0.39 is 0 Å². The van der Waals surface area contributed by atoms with Crippen LogP contribution in [0.5, 0.6) is 0 Å². The van der Waals surface area contributed by atoms with Gasteiger partial charge in [0.05, 0.1) is 0 Å². The number of piperidine rings is 1. The van der Waals surface area contributed by atoms with Crippen LogP contribution in [-0.4, -0.2) is 52.3 Å². The van der Waals surface area contributed by atoms with E-state index in [1.54, 1.807) is 12.7 Å². The molecular weight excluding hydrogens is 324 g/mol. The number of unbranched alkanes of at least 4 members (excludes halogenated alkanes) is 1. The lowest BCUT2D eigenvalue weighted by Gasteiger charge is -2.39. The zero-order valence-corrected chi connectivity index (χ0v) is 15.9. The number of aliphatic imine (C=N–C) groups is 1. The summed E-state index contributed by atoms with van der Waals surface area (Å²) in [4.78, 5) is 6.90. The second-order valence-corrected chi connectivity index (χ2v) is 7.11. The van der Waals surface area contributed by atoms with Crippen LogP contribution in [0.15, 0.2) is 48.0 Å². The number of aromatic nitrogens is 3. The smallest absolute Gasteiger partial charge is 0.193 e. The van der Waals surface area contributed by atoms with Crippen molar-refractivity contribution in [1.29, 1.82) is 0 Å². The van der Waals surface area contributed by atoms with Gasteiger partial charge in [-0.05, 0) is 36.7 Å². The predicted octanol–water partition coefficient (Wildman–Crippen LogP) is 2.76. The molecule has 1 aromatic heterocycles. The molecule has 2 aromatic rings. The van der Waals surface area contributed by atoms with Crippen LogP contribution >= 0.6 is 0 Å². The first-order chi connectivity index (χ1) is 12.8. The maximum Gasteiger partial charge on any atom is 0.193 e. The van der Waals surface area contributed by atoms with Gasteiger partial charge in [-0.2, -0.15) is 0 Å². The molecular formula is C20H30N6. The van der Waals surface area contributed by atoms with Gasteiger partial charge in [-0.25, -0.2) is 0 Å². The van der Waals surface area contributed by atoms with Gasteiger partial charge in [-0.3, -0.25) is 4.99 Å². The van der Waals surface area contributed by atoms with E-state index in [0.29, 0.717) is 11.8 Å². The molecule has 1 saturated heterocycles. The molecule has 1 fully saturated rings. The van der Waals surface area contributed by atoms with Crippen molar-refractivity contribution in [3.05, 3.63) is 48.5 Å². The minimum absolute atomic E-state index is 0.624. The van der Waals surface area contributed by atoms with Gasteiger partial charge in [0.15, 0.2) is 5.96 Å². The van der Waals surface area contributed by atoms with Gasteiger partial charge in [0.1, 0.15) is 12.7 Å². The van der Waals surface area contributed by atoms with Crippen molar-refractivity contribution in [1.82, 2.24) is 25.0 Å². The van der Waals surface area contributed by atoms with Crippen molar-refractivity contribution in [3.8, 4) is 0 Å². The molecule has 2 atom stereocenters. The summed E-state index contributed by atoms with van der Waals surface area (Å²) in [7, 11) is 1.88. The van der Waals surface area contributed by atoms with Gasteiger partial charge in [0.2, 0.25) is 0 Å². The Morgan fingerprint density at radius 3 is 2.65 bits per heavy atom. The average Bonchev–Trinajstić information content (AvgIpc) is 3.19. The van der Waals surface area contributed by atoms with Crippen molar-refractivity contribution in [3.63, 3.8) is 0 Å². The van der Waals surface area contributed by atoms with Gasteiger partial charge in [0.25, 0.3) is 0 Å². The van der Waals surface area contributed by atoms with Crippen LogP contribution in [0.1, 0.15) is 37.7 Å². The molecule has 6 nitrogen and oxygen atoms in total. The van der Waals surface area contributed by atoms with Gasteiger partial charge in [-0.1, -0.05) is 37.3 Å². The maximum atomic E-state index is 4.50. The number of benzene rings is 1. The number of nitrogens with zero attached hydrogens (tertiary/aromatic N) is 5. The van der Waals surface area contributed by atoms with Crippen LogP contribution in [0.3, 0.4) is 0 Å². The van der Waals surface area contributed by atoms with E-state index in [-0.39, 0.29) is 0 Å². The summed E-state index contributed by atoms with van der Waals surface area (Å²) in [5.74, 6) is 2.31. The largest absolute Gasteiger partial charge is 0.356 e. The number of guanidine groups is 1. The van der Waals surface area contributed by atoms with E-state index in [2.05, 4.69) is 62.7 Å². The van der Waals surface area contributed by atoms with Crippen LogP contribution in [0.25, 0.3) is 0 Å². The Balaban J connectivity index is 1.42. The lowest BCUT2D eigenvalue weighted by Crippen LogP contribution is -2.48. The normalized spacial score (nSPS) is 21.0. The predicted molar refractivity (Wildman–Crippen MR) is 105 cm³/mol. The molecule has 2 unspecified atom stereocenters. The summed E-state index contributed by atoms with van der Waals surface area (Å²) in [6.45, 7) is 6.38. The molecule has 1 aliphatic heterocycles. The Morgan fingerprint density at radius 1 is 1.19 bits per heavy atom. The molecule has 0 bridgehead atoms. The molecule has 140 valence electrons. The third-order valence-electron chi connectivity index (χ3n) is 5.24. The number of likely N-dealkylation sites (tertiary alicyclic amines) is 1. The highest BCUT2D eigenvalue weighted by atomic mass is 15.3. The fraction of sp³-hybridized carbons (Fsp3) is 0.550. The van der Waals surface area contributed by atoms with Crippen molar-refractivity contribution in [2.75, 3.05) is 26.7 Å². The highest BCUT2D eigenvalue weighted by Gasteiger charge is 2.28. The second kappa shape index (κ2) is 9.36. The van der Waals surface area contributed by atoms with Gasteiger partial charge in [-0.15, -0.1) is 10.2 Å². The standard InChI is InChI=1S/C20H30N6/c1-17-14-26(13-10-19(17)18-8-4-3-5-9-18)20(21-2)22-11-6-7-12-25-15-23-24-16-25/h3-5,8-9,15-17,19H,6-7,10-14H2,1-2H3,(H,21,22). The number of rotatable bonds is 6. The van der Waals surface area contributed by atoms with E-state index >= 15 is 0 Å². The molecule has 1 aromatic carbocycles. The average molecular weight is 355 g/mol. The molecule has 1 N–H and O–H groups in total. The summed E-state index contributed by atoms with van der Waals surface area (Å²) in [6.07, 6.45) is 6.93. The van der Waals surface area contributed by atoms with E-state index in [9.17, 15) is 0 Å². The molecule has 0 saturated carbocycles. The second-order valence-electron chi connectivity index (χ2n) is 7.11. The Morgan fingerprint density at radius 2 is 1.96 bits per heavy atom. The molecule has 26 heavy (non-hydrogen) atoms. The van der Waals surface area contributed by atoms with E-state index in [4.69, 9.17) is 0 Å². The first kappa shape index (κ1) is 18.4. The zero-order valence-electron chi connectivity index (χ0n) is 15.9. The van der Waals surface area contributed by atoms with E-state index in [1.807, 2.05) is 11.6 Å². The monoisotopic (exact) mass is 354 g/mol. The number of aryl methyl sites for hydroxylation is 1. The van der Waals surface area contributed by atoms with Gasteiger partial charge < -0.3 is 14.8 Å². The first-order valence-electron chi connectivity index (χ1n) is 9.61. The van der Waals surface area contributed by atoms with Crippen molar-refractivity contribution < 1.29 is 0 Å². The number of nitrogens with one attached hydrogen (secondary N) is 1. The van der Waals surface area contributed by atoms with Crippen molar-refractivity contribution in [2.45, 2.75) is 38.6 Å². The SMILES string of the molecule is CN=C(NCCCCn1cnnc1)N1CCC(c2ccccc2)C(C)C1. The van der Waals surface area contributed by atoms with Crippen LogP contribution in [0.2, 0.25) is 0 Å². The maximum absolute atomic E-state index is 4.50. The molecule has 0 amide bonds. The molecule has 0 spiro atoms. The first-order valence-corrected chi connectivity index (χ1v) is 9.61. The van der Waals surface area contributed by atoms with Gasteiger partial charge >= 0.3 is 0 Å². The molecule has 0 radical (unpaired) electrons. The summed E-state index contributed by atoms with van der Waals surface area (Å²) >= 11 is 0. The van der Waals surface area contributed by atoms with E-state index in [0.717, 1.165) is 45.0 Å². The molecule has 1 aliphatic rings. The van der Waals surface area contributed by atoms with Gasteiger partial charge in [0, 0.05) is 33.2 Å². The lowest BCUT2D eigenvalue weighted by atomic mass is 9.82. The minimum Gasteiger partial charge on any atom is -0.356 e. The highest BCUT2D eigenvalue weighted by Crippen LogP contribution is 2.32. The zero-order chi connectivity index (χ0) is 18.2. The number of hydrogen-bond donors (Lipinski definition) is 1. The van der Waals surface area contributed by atoms with Crippen LogP contribution in [-0.2, 0) is 6.54 Å². The Hall–Kier alpha value is -2.37. The Labute approximate surface area is 156 Å². The summed E-state index contributed by atoms with van der Waals surface area (Å²) < 4.78 is 2.02. The lowest BCUT2D eigenvalue weighted by molar-refractivity contribution is 0.234. The highest BCUT2D eigenvalue weighted by molar-refractivity contribution is 5.80. The quantitative estimate of drug-likeness (QED) is 0.492. The molecule has 3 rings (SSSR count). The Bertz CT molecular complexity index is 667. The minimum atomic E-state index is 0.624. The molecule has 0 aliphatic carbocycles. The van der Waals surface area contributed by atoms with Crippen molar-refractivity contribution in [2.24, 2.45) is 10.9 Å². The summed E-state index contributed by atoms with van der Waals surface area (Å²) in [5.41, 5.74) is 1.47. The third-order valence-corrected chi connectivity index (χ3v) is 5.24. The fourth-order valence-electron chi connectivity index (χ4n) is 3.82. The van der Waals surface area contributed by atoms with Crippen LogP contribution in [0, 0.1) is 5.92 Å². The summed E-state index contributed by atoms with van der Waals surface area (Å²) in [5, 5.41) is 11.2. The van der Waals surface area contributed by atoms with Crippen LogP contribution in [0.4, 0.5) is 0 Å². The third kappa shape index (κ3) is 4.84. The summed E-state index contributed by atoms with van der Waals surface area (Å²) in [6, 6.07) is 10.9.